The number of imidazole rings is 1. The SMILES string of the molecule is CC1(C)[C@H](NC(=O)C(=NOCCOc2ccc(-c3nc4c([nH]3)CNCC4)cc2)c2csc(N)n2)C(=O)N1OS(=O)(=O)O. The molecule has 1 fully saturated rings. The zero-order valence-corrected chi connectivity index (χ0v) is 24.1. The van der Waals surface area contributed by atoms with Gasteiger partial charge in [-0.05, 0) is 38.1 Å². The lowest BCUT2D eigenvalue weighted by atomic mass is 9.84. The second-order valence-electron chi connectivity index (χ2n) is 9.85. The van der Waals surface area contributed by atoms with Crippen LogP contribution in [0.4, 0.5) is 5.13 Å². The molecule has 0 bridgehead atoms. The molecule has 18 heteroatoms. The molecule has 0 unspecified atom stereocenters. The summed E-state index contributed by atoms with van der Waals surface area (Å²) in [6.45, 7) is 4.62. The molecule has 5 rings (SSSR count). The van der Waals surface area contributed by atoms with Gasteiger partial charge in [0.2, 0.25) is 0 Å². The maximum atomic E-state index is 13.1. The first kappa shape index (κ1) is 29.4. The van der Waals surface area contributed by atoms with Crippen LogP contribution >= 0.6 is 11.3 Å². The Morgan fingerprint density at radius 3 is 2.69 bits per heavy atom. The zero-order valence-electron chi connectivity index (χ0n) is 22.5. The molecule has 4 heterocycles. The molecular formula is C24H28N8O8S2. The number of oxime groups is 1. The van der Waals surface area contributed by atoms with E-state index in [1.165, 1.54) is 19.2 Å². The number of nitrogens with zero attached hydrogens (tertiary/aromatic N) is 4. The Hall–Kier alpha value is -4.10. The highest BCUT2D eigenvalue weighted by atomic mass is 32.3. The molecule has 1 atom stereocenters. The topological polar surface area (TPSA) is 223 Å². The molecule has 16 nitrogen and oxygen atoms in total. The molecule has 224 valence electrons. The molecular weight excluding hydrogens is 592 g/mol. The summed E-state index contributed by atoms with van der Waals surface area (Å²) in [5.41, 5.74) is 7.34. The number of carbonyl (C=O) groups is 2. The summed E-state index contributed by atoms with van der Waals surface area (Å²) >= 11 is 1.07. The summed E-state index contributed by atoms with van der Waals surface area (Å²) in [6, 6.07) is 6.21. The molecule has 1 aromatic carbocycles. The Labute approximate surface area is 244 Å². The highest BCUT2D eigenvalue weighted by Crippen LogP contribution is 2.33. The monoisotopic (exact) mass is 620 g/mol. The van der Waals surface area contributed by atoms with E-state index in [0.717, 1.165) is 53.6 Å². The van der Waals surface area contributed by atoms with Gasteiger partial charge in [-0.2, -0.15) is 13.5 Å². The molecule has 2 amide bonds. The van der Waals surface area contributed by atoms with Crippen LogP contribution in [0.5, 0.6) is 5.75 Å². The number of carbonyl (C=O) groups excluding carboxylic acids is 2. The van der Waals surface area contributed by atoms with Gasteiger partial charge in [-0.3, -0.25) is 14.1 Å². The van der Waals surface area contributed by atoms with E-state index in [-0.39, 0.29) is 29.8 Å². The van der Waals surface area contributed by atoms with Gasteiger partial charge in [0.15, 0.2) is 17.5 Å². The summed E-state index contributed by atoms with van der Waals surface area (Å²) in [5, 5.41) is 11.8. The van der Waals surface area contributed by atoms with Crippen LogP contribution in [0.1, 0.15) is 30.9 Å². The summed E-state index contributed by atoms with van der Waals surface area (Å²) in [6.07, 6.45) is 0.885. The van der Waals surface area contributed by atoms with Gasteiger partial charge >= 0.3 is 10.4 Å². The number of rotatable bonds is 11. The number of benzene rings is 1. The van der Waals surface area contributed by atoms with Crippen LogP contribution in [-0.2, 0) is 42.1 Å². The van der Waals surface area contributed by atoms with Crippen molar-refractivity contribution < 1.29 is 36.4 Å². The van der Waals surface area contributed by atoms with Gasteiger partial charge in [0.1, 0.15) is 29.9 Å². The van der Waals surface area contributed by atoms with Gasteiger partial charge in [-0.25, -0.2) is 9.97 Å². The number of nitrogens with one attached hydrogen (secondary N) is 3. The third-order valence-corrected chi connectivity index (χ3v) is 7.54. The van der Waals surface area contributed by atoms with Crippen LogP contribution in [0.3, 0.4) is 0 Å². The minimum Gasteiger partial charge on any atom is -0.490 e. The van der Waals surface area contributed by atoms with Gasteiger partial charge in [0, 0.05) is 30.5 Å². The normalized spacial score (nSPS) is 18.3. The predicted molar refractivity (Wildman–Crippen MR) is 149 cm³/mol. The van der Waals surface area contributed by atoms with E-state index in [0.29, 0.717) is 10.8 Å². The Balaban J connectivity index is 1.17. The molecule has 0 aliphatic carbocycles. The van der Waals surface area contributed by atoms with Gasteiger partial charge in [0.05, 0.1) is 16.9 Å². The minimum atomic E-state index is -4.94. The van der Waals surface area contributed by atoms with Crippen molar-refractivity contribution in [3.63, 3.8) is 0 Å². The van der Waals surface area contributed by atoms with Crippen molar-refractivity contribution in [1.82, 2.24) is 30.6 Å². The molecule has 42 heavy (non-hydrogen) atoms. The third kappa shape index (κ3) is 6.36. The molecule has 0 saturated carbocycles. The third-order valence-electron chi connectivity index (χ3n) is 6.53. The van der Waals surface area contributed by atoms with Crippen LogP contribution in [0, 0.1) is 0 Å². The van der Waals surface area contributed by atoms with E-state index in [1.807, 2.05) is 24.3 Å². The standard InChI is InChI=1S/C24H28N8O8S2/c1-24(2)19(22(34)32(24)40-42(35,36)37)30-21(33)18(17-12-41-23(25)29-17)31-39-10-9-38-14-5-3-13(4-6-14)20-27-15-7-8-26-11-16(15)28-20/h3-6,12,19,26H,7-11H2,1-2H3,(H2,25,29)(H,27,28)(H,30,33)(H,35,36,37)/t19-/m1/s1. The molecule has 2 aliphatic rings. The lowest BCUT2D eigenvalue weighted by Crippen LogP contribution is -2.76. The quantitative estimate of drug-likeness (QED) is 0.0646. The van der Waals surface area contributed by atoms with E-state index in [4.69, 9.17) is 19.9 Å². The first-order valence-electron chi connectivity index (χ1n) is 12.7. The van der Waals surface area contributed by atoms with Crippen molar-refractivity contribution in [2.75, 3.05) is 25.5 Å². The molecule has 6 N–H and O–H groups in total. The van der Waals surface area contributed by atoms with Crippen LogP contribution < -0.4 is 21.1 Å². The van der Waals surface area contributed by atoms with Crippen molar-refractivity contribution in [1.29, 1.82) is 0 Å². The Bertz CT molecular complexity index is 1590. The number of nitrogen functional groups attached to an aromatic ring is 1. The maximum absolute atomic E-state index is 13.1. The van der Waals surface area contributed by atoms with Gasteiger partial charge in [0.25, 0.3) is 11.8 Å². The summed E-state index contributed by atoms with van der Waals surface area (Å²) in [5.74, 6) is -0.332. The number of thiazole rings is 1. The maximum Gasteiger partial charge on any atom is 0.418 e. The van der Waals surface area contributed by atoms with Crippen molar-refractivity contribution >= 4 is 44.4 Å². The highest BCUT2D eigenvalue weighted by molar-refractivity contribution is 7.80. The smallest absolute Gasteiger partial charge is 0.418 e. The van der Waals surface area contributed by atoms with E-state index < -0.39 is 33.8 Å². The Kier molecular flexibility index (Phi) is 8.15. The Morgan fingerprint density at radius 1 is 1.29 bits per heavy atom. The highest BCUT2D eigenvalue weighted by Gasteiger charge is 2.58. The summed E-state index contributed by atoms with van der Waals surface area (Å²) in [7, 11) is -4.94. The lowest BCUT2D eigenvalue weighted by molar-refractivity contribution is -0.218. The van der Waals surface area contributed by atoms with Gasteiger partial charge in [-0.15, -0.1) is 15.6 Å². The first-order valence-corrected chi connectivity index (χ1v) is 14.9. The Morgan fingerprint density at radius 2 is 2.05 bits per heavy atom. The summed E-state index contributed by atoms with van der Waals surface area (Å²) < 4.78 is 41.0. The lowest BCUT2D eigenvalue weighted by Gasteiger charge is -2.50. The number of β-lactam (4-membered cyclic amide) rings is 1. The molecule has 0 radical (unpaired) electrons. The molecule has 1 saturated heterocycles. The van der Waals surface area contributed by atoms with E-state index in [9.17, 15) is 18.0 Å². The fourth-order valence-corrected chi connectivity index (χ4v) is 5.39. The summed E-state index contributed by atoms with van der Waals surface area (Å²) in [4.78, 5) is 42.9. The number of ether oxygens (including phenoxy) is 1. The number of H-pyrrole nitrogens is 1. The van der Waals surface area contributed by atoms with Crippen molar-refractivity contribution in [3.8, 4) is 17.1 Å². The number of aromatic amines is 1. The number of hydrogen-bond donors (Lipinski definition) is 5. The molecule has 2 aromatic heterocycles. The van der Waals surface area contributed by atoms with Crippen LogP contribution in [0.25, 0.3) is 11.4 Å². The molecule has 3 aromatic rings. The first-order chi connectivity index (χ1) is 19.9. The largest absolute Gasteiger partial charge is 0.490 e. The second-order valence-corrected chi connectivity index (χ2v) is 11.7. The number of hydroxylamine groups is 2. The number of nitrogens with two attached hydrogens (primary N) is 1. The van der Waals surface area contributed by atoms with Crippen LogP contribution in [0.2, 0.25) is 0 Å². The van der Waals surface area contributed by atoms with Gasteiger partial charge < -0.3 is 30.9 Å². The second kappa shape index (κ2) is 11.6. The van der Waals surface area contributed by atoms with E-state index >= 15 is 0 Å². The van der Waals surface area contributed by atoms with Crippen molar-refractivity contribution in [2.24, 2.45) is 5.16 Å². The fourth-order valence-electron chi connectivity index (χ4n) is 4.39. The van der Waals surface area contributed by atoms with E-state index in [1.54, 1.807) is 0 Å². The van der Waals surface area contributed by atoms with Gasteiger partial charge in [-0.1, -0.05) is 5.16 Å². The number of fused-ring (bicyclic) bond motifs is 1. The van der Waals surface area contributed by atoms with Crippen LogP contribution in [-0.4, -0.2) is 81.9 Å². The fraction of sp³-hybridized carbons (Fsp3) is 0.375. The number of aromatic nitrogens is 3. The van der Waals surface area contributed by atoms with Crippen molar-refractivity contribution in [3.05, 3.63) is 46.7 Å². The van der Waals surface area contributed by atoms with E-state index in [2.05, 4.69) is 35.0 Å². The molecule has 0 spiro atoms. The van der Waals surface area contributed by atoms with Crippen molar-refractivity contribution in [2.45, 2.75) is 38.4 Å². The number of anilines is 1. The number of amides is 2. The predicted octanol–water partition coefficient (Wildman–Crippen LogP) is 0.401. The number of hydrogen-bond acceptors (Lipinski definition) is 13. The average Bonchev–Trinajstić information content (AvgIpc) is 3.58. The average molecular weight is 621 g/mol. The zero-order chi connectivity index (χ0) is 30.1. The molecule has 2 aliphatic heterocycles. The van der Waals surface area contributed by atoms with Crippen LogP contribution in [0.15, 0.2) is 34.8 Å². The minimum absolute atomic E-state index is 0.0279.